The largest absolute Gasteiger partial charge is 0.418 e. The first kappa shape index (κ1) is 28.5. The molecule has 2 N–H and O–H groups in total. The first-order valence-corrected chi connectivity index (χ1v) is 13.0. The summed E-state index contributed by atoms with van der Waals surface area (Å²) in [6.07, 6.45) is -3.74. The number of pyridine rings is 1. The average molecular weight is 521 g/mol. The summed E-state index contributed by atoms with van der Waals surface area (Å²) >= 11 is 0. The Morgan fingerprint density at radius 3 is 2.46 bits per heavy atom. The highest BCUT2D eigenvalue weighted by Crippen LogP contribution is 2.37. The number of nitrogens with one attached hydrogen (secondary N) is 2. The number of anilines is 2. The summed E-state index contributed by atoms with van der Waals surface area (Å²) in [4.78, 5) is 18.5. The highest BCUT2D eigenvalue weighted by Gasteiger charge is 2.38. The Morgan fingerprint density at radius 2 is 1.86 bits per heavy atom. The summed E-state index contributed by atoms with van der Waals surface area (Å²) in [7, 11) is -3.09. The summed E-state index contributed by atoms with van der Waals surface area (Å²) in [5.74, 6) is -3.92. The van der Waals surface area contributed by atoms with Gasteiger partial charge in [-0.1, -0.05) is 19.9 Å². The monoisotopic (exact) mass is 520 g/mol. The van der Waals surface area contributed by atoms with Gasteiger partial charge in [0.25, 0.3) is 5.91 Å². The van der Waals surface area contributed by atoms with Gasteiger partial charge < -0.3 is 10.2 Å². The van der Waals surface area contributed by atoms with Crippen LogP contribution in [0, 0.1) is 11.7 Å². The number of amides is 1. The topological polar surface area (TPSA) is 86.2 Å². The summed E-state index contributed by atoms with van der Waals surface area (Å²) < 4.78 is 87.8. The van der Waals surface area contributed by atoms with Gasteiger partial charge in [-0.15, -0.1) is 0 Å². The molecular weight excluding hydrogens is 491 g/mol. The molecule has 1 aliphatic rings. The smallest absolute Gasteiger partial charge is 0.356 e. The number of hydrogen-bond donors (Lipinski definition) is 2. The van der Waals surface area contributed by atoms with Gasteiger partial charge in [0.2, 0.25) is 5.92 Å². The van der Waals surface area contributed by atoms with E-state index in [0.717, 1.165) is 6.92 Å². The van der Waals surface area contributed by atoms with Crippen molar-refractivity contribution >= 4 is 27.1 Å². The quantitative estimate of drug-likeness (QED) is 0.460. The molecule has 6 nitrogen and oxygen atoms in total. The zero-order chi connectivity index (χ0) is 26.6. The molecule has 1 atom stereocenters. The number of hydrogen-bond acceptors (Lipinski definition) is 5. The van der Waals surface area contributed by atoms with Gasteiger partial charge in [0.1, 0.15) is 5.82 Å². The third-order valence-electron chi connectivity index (χ3n) is 5.41. The molecule has 0 saturated carbocycles. The SMILES string of the molecule is CC.Cc1c(C(F)(F)F)cnc(N2CCCC(F)(F)CC2)c1C(=O)Nc1cccc(S(C)(=N)=O)c1. The Kier molecular flexibility index (Phi) is 8.85. The van der Waals surface area contributed by atoms with E-state index in [0.29, 0.717) is 6.20 Å². The fourth-order valence-corrected chi connectivity index (χ4v) is 4.36. The van der Waals surface area contributed by atoms with Crippen molar-refractivity contribution < 1.29 is 31.0 Å². The van der Waals surface area contributed by atoms with E-state index in [4.69, 9.17) is 4.78 Å². The molecule has 0 radical (unpaired) electrons. The number of rotatable bonds is 4. The van der Waals surface area contributed by atoms with E-state index >= 15 is 0 Å². The Bertz CT molecular complexity index is 1170. The number of alkyl halides is 5. The molecule has 0 spiro atoms. The molecule has 1 aromatic heterocycles. The molecule has 1 fully saturated rings. The van der Waals surface area contributed by atoms with Crippen LogP contribution in [0.15, 0.2) is 35.4 Å². The molecule has 0 bridgehead atoms. The normalized spacial score (nSPS) is 17.5. The molecule has 0 aliphatic carbocycles. The number of nitrogens with zero attached hydrogens (tertiary/aromatic N) is 2. The van der Waals surface area contributed by atoms with E-state index in [2.05, 4.69) is 10.3 Å². The van der Waals surface area contributed by atoms with Crippen LogP contribution in [-0.2, 0) is 15.9 Å². The summed E-state index contributed by atoms with van der Waals surface area (Å²) in [6.45, 7) is 5.08. The lowest BCUT2D eigenvalue weighted by atomic mass is 10.0. The van der Waals surface area contributed by atoms with E-state index in [1.54, 1.807) is 0 Å². The van der Waals surface area contributed by atoms with Crippen LogP contribution in [-0.4, -0.2) is 40.4 Å². The first-order chi connectivity index (χ1) is 16.2. The van der Waals surface area contributed by atoms with E-state index in [1.807, 2.05) is 13.8 Å². The fraction of sp³-hybridized carbons (Fsp3) is 0.478. The summed E-state index contributed by atoms with van der Waals surface area (Å²) in [6, 6.07) is 5.63. The molecule has 2 aromatic rings. The van der Waals surface area contributed by atoms with Gasteiger partial charge in [0.05, 0.1) is 20.9 Å². The minimum absolute atomic E-state index is 0.0895. The third-order valence-corrected chi connectivity index (χ3v) is 6.56. The standard InChI is InChI=1S/C21H23F5N4O2S.C2H6/c1-13-16(21(24,25)26)12-28-18(30-9-4-7-20(22,23)8-10-30)17(13)19(31)29-14-5-3-6-15(11-14)33(2,27)32;1-2/h3,5-6,11-12,27H,4,7-10H2,1-2H3,(H,29,31);1-2H3. The van der Waals surface area contributed by atoms with E-state index in [1.165, 1.54) is 35.4 Å². The molecule has 1 amide bonds. The maximum Gasteiger partial charge on any atom is 0.418 e. The van der Waals surface area contributed by atoms with Crippen molar-refractivity contribution in [2.45, 2.75) is 57.0 Å². The Morgan fingerprint density at radius 1 is 1.20 bits per heavy atom. The number of halogens is 5. The molecule has 1 aromatic carbocycles. The van der Waals surface area contributed by atoms with Gasteiger partial charge in [-0.2, -0.15) is 13.2 Å². The molecule has 12 heteroatoms. The lowest BCUT2D eigenvalue weighted by Gasteiger charge is -2.26. The van der Waals surface area contributed by atoms with Gasteiger partial charge in [-0.3, -0.25) is 4.79 Å². The van der Waals surface area contributed by atoms with Crippen LogP contribution >= 0.6 is 0 Å². The maximum atomic E-state index is 13.8. The van der Waals surface area contributed by atoms with Crippen LogP contribution in [0.4, 0.5) is 33.5 Å². The second kappa shape index (κ2) is 10.9. The highest BCUT2D eigenvalue weighted by atomic mass is 32.2. The van der Waals surface area contributed by atoms with Gasteiger partial charge >= 0.3 is 6.18 Å². The number of aromatic nitrogens is 1. The summed E-state index contributed by atoms with van der Waals surface area (Å²) in [5.41, 5.74) is -1.72. The molecule has 194 valence electrons. The fourth-order valence-electron chi connectivity index (χ4n) is 3.67. The van der Waals surface area contributed by atoms with Crippen molar-refractivity contribution in [3.8, 4) is 0 Å². The molecule has 3 rings (SSSR count). The average Bonchev–Trinajstić information content (AvgIpc) is 2.94. The van der Waals surface area contributed by atoms with Crippen molar-refractivity contribution in [2.75, 3.05) is 29.6 Å². The number of carbonyl (C=O) groups excluding carboxylic acids is 1. The van der Waals surface area contributed by atoms with Crippen molar-refractivity contribution in [1.29, 1.82) is 4.78 Å². The van der Waals surface area contributed by atoms with Gasteiger partial charge in [-0.25, -0.2) is 22.8 Å². The molecule has 35 heavy (non-hydrogen) atoms. The molecule has 1 saturated heterocycles. The van der Waals surface area contributed by atoms with Crippen LogP contribution < -0.4 is 10.2 Å². The van der Waals surface area contributed by atoms with Crippen molar-refractivity contribution in [3.05, 3.63) is 47.2 Å². The number of carbonyl (C=O) groups is 1. The Labute approximate surface area is 201 Å². The zero-order valence-electron chi connectivity index (χ0n) is 19.9. The Hall–Kier alpha value is -2.76. The van der Waals surface area contributed by atoms with Gasteiger partial charge in [0.15, 0.2) is 0 Å². The zero-order valence-corrected chi connectivity index (χ0v) is 20.7. The minimum atomic E-state index is -4.77. The predicted molar refractivity (Wildman–Crippen MR) is 126 cm³/mol. The lowest BCUT2D eigenvalue weighted by molar-refractivity contribution is -0.138. The van der Waals surface area contributed by atoms with Crippen molar-refractivity contribution in [3.63, 3.8) is 0 Å². The summed E-state index contributed by atoms with van der Waals surface area (Å²) in [5, 5.41) is 2.47. The van der Waals surface area contributed by atoms with Gasteiger partial charge in [-0.05, 0) is 37.1 Å². The van der Waals surface area contributed by atoms with Crippen LogP contribution in [0.1, 0.15) is 54.6 Å². The second-order valence-corrected chi connectivity index (χ2v) is 10.2. The number of benzene rings is 1. The van der Waals surface area contributed by atoms with Crippen molar-refractivity contribution in [2.24, 2.45) is 0 Å². The Balaban J connectivity index is 0.00000210. The predicted octanol–water partition coefficient (Wildman–Crippen LogP) is 6.35. The highest BCUT2D eigenvalue weighted by molar-refractivity contribution is 7.91. The van der Waals surface area contributed by atoms with Crippen LogP contribution in [0.25, 0.3) is 0 Å². The van der Waals surface area contributed by atoms with Crippen molar-refractivity contribution in [1.82, 2.24) is 4.98 Å². The van der Waals surface area contributed by atoms with Crippen LogP contribution in [0.2, 0.25) is 0 Å². The molecule has 1 aliphatic heterocycles. The molecule has 1 unspecified atom stereocenters. The van der Waals surface area contributed by atoms with E-state index in [-0.39, 0.29) is 53.5 Å². The van der Waals surface area contributed by atoms with E-state index < -0.39 is 39.7 Å². The lowest BCUT2D eigenvalue weighted by Crippen LogP contribution is -2.30. The van der Waals surface area contributed by atoms with E-state index in [9.17, 15) is 31.0 Å². The minimum Gasteiger partial charge on any atom is -0.356 e. The van der Waals surface area contributed by atoms with Crippen LogP contribution in [0.3, 0.4) is 0 Å². The van der Waals surface area contributed by atoms with Crippen LogP contribution in [0.5, 0.6) is 0 Å². The molecular formula is C23H29F5N4O2S. The second-order valence-electron chi connectivity index (χ2n) is 8.02. The van der Waals surface area contributed by atoms with Gasteiger partial charge in [0, 0.05) is 49.0 Å². The first-order valence-electron chi connectivity index (χ1n) is 11.0. The molecule has 2 heterocycles. The maximum absolute atomic E-state index is 13.8. The third kappa shape index (κ3) is 7.12.